The fraction of sp³-hybridized carbons (Fsp3) is 0.400. The van der Waals surface area contributed by atoms with Gasteiger partial charge in [0.2, 0.25) is 5.91 Å². The number of hydrogen-bond acceptors (Lipinski definition) is 2. The number of halogens is 1. The number of nitrogens with zero attached hydrogens (tertiary/aromatic N) is 1. The second kappa shape index (κ2) is 6.92. The third-order valence-electron chi connectivity index (χ3n) is 3.19. The number of benzene rings is 1. The van der Waals surface area contributed by atoms with Gasteiger partial charge in [0, 0.05) is 19.2 Å². The smallest absolute Gasteiger partial charge is 0.246 e. The van der Waals surface area contributed by atoms with E-state index in [4.69, 9.17) is 4.74 Å². The summed E-state index contributed by atoms with van der Waals surface area (Å²) in [7, 11) is 3.17. The van der Waals surface area contributed by atoms with Gasteiger partial charge in [0.25, 0.3) is 0 Å². The van der Waals surface area contributed by atoms with Crippen molar-refractivity contribution in [1.82, 2.24) is 4.90 Å². The first-order valence-electron chi connectivity index (χ1n) is 6.28. The number of ether oxygens (including phenoxy) is 1. The number of likely N-dealkylation sites (N-methyl/N-ethyl adjacent to an activating group) is 1. The van der Waals surface area contributed by atoms with Crippen LogP contribution in [0.15, 0.2) is 24.3 Å². The van der Waals surface area contributed by atoms with Crippen molar-refractivity contribution < 1.29 is 13.9 Å². The van der Waals surface area contributed by atoms with Crippen LogP contribution in [0.1, 0.15) is 25.8 Å². The van der Waals surface area contributed by atoms with Crippen molar-refractivity contribution in [2.75, 3.05) is 14.2 Å². The molecule has 1 atom stereocenters. The highest BCUT2D eigenvalue weighted by Crippen LogP contribution is 2.18. The quantitative estimate of drug-likeness (QED) is 0.766. The molecule has 0 radical (unpaired) electrons. The molecule has 0 spiro atoms. The summed E-state index contributed by atoms with van der Waals surface area (Å²) in [5, 5.41) is 0. The van der Waals surface area contributed by atoms with Gasteiger partial charge in [-0.1, -0.05) is 13.0 Å². The summed E-state index contributed by atoms with van der Waals surface area (Å²) in [5.41, 5.74) is 0.629. The molecule has 0 aromatic heterocycles. The van der Waals surface area contributed by atoms with Crippen molar-refractivity contribution in [3.8, 4) is 5.75 Å². The maximum atomic E-state index is 13.5. The van der Waals surface area contributed by atoms with Crippen molar-refractivity contribution in [2.45, 2.75) is 26.3 Å². The van der Waals surface area contributed by atoms with Gasteiger partial charge in [-0.05, 0) is 37.1 Å². The summed E-state index contributed by atoms with van der Waals surface area (Å²) in [6, 6.07) is 4.77. The number of methoxy groups -OCH3 is 1. The van der Waals surface area contributed by atoms with Gasteiger partial charge in [-0.25, -0.2) is 4.39 Å². The zero-order valence-corrected chi connectivity index (χ0v) is 11.8. The Morgan fingerprint density at radius 1 is 1.53 bits per heavy atom. The monoisotopic (exact) mass is 265 g/mol. The second-order valence-corrected chi connectivity index (χ2v) is 4.43. The number of amides is 1. The van der Waals surface area contributed by atoms with Crippen LogP contribution in [0, 0.1) is 5.82 Å². The Labute approximate surface area is 113 Å². The van der Waals surface area contributed by atoms with Crippen molar-refractivity contribution in [3.63, 3.8) is 0 Å². The molecule has 0 saturated carbocycles. The minimum atomic E-state index is -0.438. The van der Waals surface area contributed by atoms with E-state index < -0.39 is 5.82 Å². The maximum absolute atomic E-state index is 13.5. The Kier molecular flexibility index (Phi) is 5.55. The normalized spacial score (nSPS) is 12.5. The second-order valence-electron chi connectivity index (χ2n) is 4.43. The molecule has 0 bridgehead atoms. The number of hydrogen-bond donors (Lipinski definition) is 0. The van der Waals surface area contributed by atoms with Gasteiger partial charge in [0.1, 0.15) is 0 Å². The van der Waals surface area contributed by atoms with Gasteiger partial charge >= 0.3 is 0 Å². The van der Waals surface area contributed by atoms with E-state index in [1.807, 2.05) is 13.8 Å². The highest BCUT2D eigenvalue weighted by Gasteiger charge is 2.10. The predicted octanol–water partition coefficient (Wildman–Crippen LogP) is 3.10. The zero-order valence-electron chi connectivity index (χ0n) is 11.8. The van der Waals surface area contributed by atoms with Crippen molar-refractivity contribution in [2.24, 2.45) is 0 Å². The van der Waals surface area contributed by atoms with E-state index in [9.17, 15) is 9.18 Å². The Morgan fingerprint density at radius 3 is 2.74 bits per heavy atom. The zero-order chi connectivity index (χ0) is 14.4. The molecule has 0 saturated heterocycles. The molecule has 1 rings (SSSR count). The molecule has 0 N–H and O–H groups in total. The molecule has 0 aliphatic rings. The Bertz CT molecular complexity index is 471. The van der Waals surface area contributed by atoms with E-state index in [0.29, 0.717) is 5.56 Å². The van der Waals surface area contributed by atoms with Crippen LogP contribution >= 0.6 is 0 Å². The Balaban J connectivity index is 2.76. The lowest BCUT2D eigenvalue weighted by Gasteiger charge is -2.22. The van der Waals surface area contributed by atoms with Crippen LogP contribution in [0.2, 0.25) is 0 Å². The summed E-state index contributed by atoms with van der Waals surface area (Å²) in [6.45, 7) is 4.01. The molecule has 4 heteroatoms. The van der Waals surface area contributed by atoms with E-state index in [1.54, 1.807) is 24.1 Å². The molecule has 19 heavy (non-hydrogen) atoms. The molecule has 0 heterocycles. The summed E-state index contributed by atoms with van der Waals surface area (Å²) in [6.07, 6.45) is 3.95. The van der Waals surface area contributed by atoms with Gasteiger partial charge in [-0.3, -0.25) is 4.79 Å². The highest BCUT2D eigenvalue weighted by molar-refractivity contribution is 5.91. The predicted molar refractivity (Wildman–Crippen MR) is 74.5 cm³/mol. The minimum Gasteiger partial charge on any atom is -0.494 e. The first-order chi connectivity index (χ1) is 8.99. The van der Waals surface area contributed by atoms with Gasteiger partial charge in [0.05, 0.1) is 7.11 Å². The molecule has 1 aromatic carbocycles. The molecular formula is C15H20FNO2. The van der Waals surface area contributed by atoms with E-state index in [-0.39, 0.29) is 17.7 Å². The van der Waals surface area contributed by atoms with Crippen LogP contribution in [0.5, 0.6) is 5.75 Å². The summed E-state index contributed by atoms with van der Waals surface area (Å²) >= 11 is 0. The van der Waals surface area contributed by atoms with Gasteiger partial charge in [-0.15, -0.1) is 0 Å². The molecule has 104 valence electrons. The van der Waals surface area contributed by atoms with Crippen LogP contribution in [-0.2, 0) is 4.79 Å². The van der Waals surface area contributed by atoms with E-state index in [0.717, 1.165) is 6.42 Å². The van der Waals surface area contributed by atoms with Gasteiger partial charge in [-0.2, -0.15) is 0 Å². The van der Waals surface area contributed by atoms with E-state index >= 15 is 0 Å². The van der Waals surface area contributed by atoms with Crippen molar-refractivity contribution in [1.29, 1.82) is 0 Å². The standard InChI is InChI=1S/C15H20FNO2/c1-5-11(2)17(3)15(18)9-7-12-6-8-14(19-4)13(16)10-12/h6-11H,5H2,1-4H3. The molecule has 3 nitrogen and oxygen atoms in total. The van der Waals surface area contributed by atoms with Crippen LogP contribution in [0.25, 0.3) is 6.08 Å². The van der Waals surface area contributed by atoms with Crippen LogP contribution in [0.3, 0.4) is 0 Å². The topological polar surface area (TPSA) is 29.5 Å². The molecule has 0 aliphatic carbocycles. The fourth-order valence-corrected chi connectivity index (χ4v) is 1.56. The Morgan fingerprint density at radius 2 is 2.21 bits per heavy atom. The molecule has 1 aromatic rings. The van der Waals surface area contributed by atoms with Gasteiger partial charge in [0.15, 0.2) is 11.6 Å². The lowest BCUT2D eigenvalue weighted by Crippen LogP contribution is -2.33. The van der Waals surface area contributed by atoms with Crippen LogP contribution in [-0.4, -0.2) is 31.0 Å². The third kappa shape index (κ3) is 4.09. The minimum absolute atomic E-state index is 0.0921. The van der Waals surface area contributed by atoms with Crippen LogP contribution in [0.4, 0.5) is 4.39 Å². The van der Waals surface area contributed by atoms with E-state index in [2.05, 4.69) is 0 Å². The number of carbonyl (C=O) groups is 1. The summed E-state index contributed by atoms with van der Waals surface area (Å²) in [4.78, 5) is 13.5. The average molecular weight is 265 g/mol. The third-order valence-corrected chi connectivity index (χ3v) is 3.19. The number of rotatable bonds is 5. The summed E-state index contributed by atoms with van der Waals surface area (Å²) in [5.74, 6) is -0.335. The number of carbonyl (C=O) groups excluding carboxylic acids is 1. The van der Waals surface area contributed by atoms with E-state index in [1.165, 1.54) is 25.3 Å². The SMILES string of the molecule is CCC(C)N(C)C(=O)C=Cc1ccc(OC)c(F)c1. The van der Waals surface area contributed by atoms with Crippen LogP contribution < -0.4 is 4.74 Å². The molecular weight excluding hydrogens is 245 g/mol. The fourth-order valence-electron chi connectivity index (χ4n) is 1.56. The molecule has 1 unspecified atom stereocenters. The molecule has 0 aliphatic heterocycles. The lowest BCUT2D eigenvalue weighted by atomic mass is 10.2. The first kappa shape index (κ1) is 15.2. The largest absolute Gasteiger partial charge is 0.494 e. The molecule has 1 amide bonds. The Hall–Kier alpha value is -1.84. The lowest BCUT2D eigenvalue weighted by molar-refractivity contribution is -0.126. The van der Waals surface area contributed by atoms with Crippen molar-refractivity contribution >= 4 is 12.0 Å². The summed E-state index contributed by atoms with van der Waals surface area (Å²) < 4.78 is 18.3. The average Bonchev–Trinajstić information content (AvgIpc) is 2.43. The molecule has 0 fully saturated rings. The van der Waals surface area contributed by atoms with Crippen molar-refractivity contribution in [3.05, 3.63) is 35.7 Å². The highest BCUT2D eigenvalue weighted by atomic mass is 19.1. The maximum Gasteiger partial charge on any atom is 0.246 e. The van der Waals surface area contributed by atoms with Gasteiger partial charge < -0.3 is 9.64 Å². The first-order valence-corrected chi connectivity index (χ1v) is 6.28.